The van der Waals surface area contributed by atoms with Crippen molar-refractivity contribution in [2.75, 3.05) is 13.1 Å². The number of Topliss-reactive ketones (excluding diaryl/α,β-unsaturated/α-hetero) is 1. The third-order valence-corrected chi connectivity index (χ3v) is 6.82. The predicted octanol–water partition coefficient (Wildman–Crippen LogP) is -1.65. The van der Waals surface area contributed by atoms with Gasteiger partial charge in [0, 0.05) is 25.3 Å². The molecule has 0 aliphatic carbocycles. The van der Waals surface area contributed by atoms with Gasteiger partial charge in [-0.2, -0.15) is 0 Å². The highest BCUT2D eigenvalue weighted by Gasteiger charge is 2.31. The Morgan fingerprint density at radius 3 is 2.00 bits per heavy atom. The Morgan fingerprint density at radius 1 is 0.800 bits per heavy atom. The van der Waals surface area contributed by atoms with Gasteiger partial charge in [-0.25, -0.2) is 4.79 Å². The lowest BCUT2D eigenvalue weighted by molar-refractivity contribution is -0.143. The highest BCUT2D eigenvalue weighted by atomic mass is 16.4. The number of nitrogens with two attached hydrogens (primary N) is 4. The minimum absolute atomic E-state index is 0.0114. The van der Waals surface area contributed by atoms with Crippen molar-refractivity contribution in [1.29, 1.82) is 0 Å². The molecular formula is C29H46N8O8. The number of carbonyl (C=O) groups excluding carboxylic acids is 4. The molecule has 16 nitrogen and oxygen atoms in total. The molecule has 1 rings (SSSR count). The summed E-state index contributed by atoms with van der Waals surface area (Å²) in [6.45, 7) is 1.97. The molecule has 1 aromatic rings. The van der Waals surface area contributed by atoms with Gasteiger partial charge >= 0.3 is 11.9 Å². The highest BCUT2D eigenvalue weighted by Crippen LogP contribution is 2.11. The molecule has 0 saturated carbocycles. The Kier molecular flexibility index (Phi) is 17.4. The van der Waals surface area contributed by atoms with Crippen LogP contribution in [0.1, 0.15) is 57.4 Å². The monoisotopic (exact) mass is 634 g/mol. The van der Waals surface area contributed by atoms with Crippen LogP contribution >= 0.6 is 0 Å². The number of benzene rings is 1. The Bertz CT molecular complexity index is 1180. The van der Waals surface area contributed by atoms with Crippen molar-refractivity contribution in [2.24, 2.45) is 33.8 Å². The summed E-state index contributed by atoms with van der Waals surface area (Å²) in [5.41, 5.74) is 22.7. The number of nitrogens with one attached hydrogen (secondary N) is 3. The van der Waals surface area contributed by atoms with Crippen LogP contribution in [0.3, 0.4) is 0 Å². The second-order valence-electron chi connectivity index (χ2n) is 10.7. The number of carboxylic acids is 2. The van der Waals surface area contributed by atoms with E-state index in [9.17, 15) is 39.0 Å². The van der Waals surface area contributed by atoms with Crippen LogP contribution in [0.4, 0.5) is 0 Å². The molecule has 0 bridgehead atoms. The summed E-state index contributed by atoms with van der Waals surface area (Å²) in [4.78, 5) is 79.0. The fraction of sp³-hybridized carbons (Fsp3) is 0.552. The first-order chi connectivity index (χ1) is 21.2. The molecule has 16 heteroatoms. The number of carboxylic acid groups (broad SMARTS) is 2. The van der Waals surface area contributed by atoms with E-state index in [0.717, 1.165) is 0 Å². The molecule has 250 valence electrons. The van der Waals surface area contributed by atoms with Gasteiger partial charge in [0.05, 0.1) is 18.5 Å². The van der Waals surface area contributed by atoms with Gasteiger partial charge in [0.2, 0.25) is 17.7 Å². The number of nitrogens with zero attached hydrogens (tertiary/aromatic N) is 1. The largest absolute Gasteiger partial charge is 0.481 e. The molecule has 0 aromatic heterocycles. The number of hydrogen-bond donors (Lipinski definition) is 9. The summed E-state index contributed by atoms with van der Waals surface area (Å²) in [5.74, 6) is -6.72. The summed E-state index contributed by atoms with van der Waals surface area (Å²) in [6.07, 6.45) is 0.487. The summed E-state index contributed by atoms with van der Waals surface area (Å²) < 4.78 is 0. The van der Waals surface area contributed by atoms with Crippen molar-refractivity contribution < 1.29 is 39.0 Å². The Labute approximate surface area is 261 Å². The summed E-state index contributed by atoms with van der Waals surface area (Å²) in [7, 11) is 0. The van der Waals surface area contributed by atoms with Crippen LogP contribution in [-0.2, 0) is 35.2 Å². The molecule has 0 unspecified atom stereocenters. The number of hydrogen-bond acceptors (Lipinski definition) is 9. The lowest BCUT2D eigenvalue weighted by Crippen LogP contribution is -2.55. The van der Waals surface area contributed by atoms with Crippen molar-refractivity contribution in [3.05, 3.63) is 35.9 Å². The predicted molar refractivity (Wildman–Crippen MR) is 165 cm³/mol. The normalized spacial score (nSPS) is 14.1. The molecule has 0 fully saturated rings. The first kappa shape index (κ1) is 38.5. The number of carbonyl (C=O) groups is 6. The third kappa shape index (κ3) is 15.6. The van der Waals surface area contributed by atoms with E-state index >= 15 is 0 Å². The van der Waals surface area contributed by atoms with Crippen LogP contribution in [0.15, 0.2) is 35.3 Å². The SMILES string of the molecule is C[C@H](CC(=O)[C@H](CC(=O)O)NC(=O)[C@H](CCCCN)NC(=O)[C@@H](N)CCCN=C(N)N)C(=O)N[C@@H](Cc1ccccc1)C(=O)O. The molecule has 5 atom stereocenters. The Balaban J connectivity index is 2.92. The Morgan fingerprint density at radius 2 is 1.42 bits per heavy atom. The average molecular weight is 635 g/mol. The van der Waals surface area contributed by atoms with Crippen molar-refractivity contribution in [3.63, 3.8) is 0 Å². The number of aliphatic imine (C=N–C) groups is 1. The maximum absolute atomic E-state index is 13.2. The van der Waals surface area contributed by atoms with Crippen LogP contribution < -0.4 is 38.9 Å². The number of aliphatic carboxylic acids is 2. The van der Waals surface area contributed by atoms with Gasteiger partial charge < -0.3 is 49.1 Å². The minimum Gasteiger partial charge on any atom is -0.481 e. The molecule has 0 heterocycles. The molecule has 45 heavy (non-hydrogen) atoms. The van der Waals surface area contributed by atoms with Crippen LogP contribution in [-0.4, -0.2) is 88.9 Å². The number of amides is 3. The topological polar surface area (TPSA) is 295 Å². The quantitative estimate of drug-likeness (QED) is 0.0394. The van der Waals surface area contributed by atoms with E-state index in [0.29, 0.717) is 31.4 Å². The molecule has 0 aliphatic rings. The number of ketones is 1. The third-order valence-electron chi connectivity index (χ3n) is 6.82. The van der Waals surface area contributed by atoms with Crippen LogP contribution in [0, 0.1) is 5.92 Å². The highest BCUT2D eigenvalue weighted by molar-refractivity contribution is 5.97. The van der Waals surface area contributed by atoms with E-state index < -0.39 is 78.4 Å². The standard InChI is InChI=1S/C29H46N8O8/c1-17(25(41)37-22(28(44)45)15-18-8-3-2-4-9-18)14-23(38)21(16-24(39)40)36-27(43)20(11-5-6-12-30)35-26(42)19(31)10-7-13-34-29(32)33/h2-4,8-9,17,19-22H,5-7,10-16,30-31H2,1H3,(H,35,42)(H,36,43)(H,37,41)(H,39,40)(H,44,45)(H4,32,33,34)/t17-,19+,20+,21+,22+/m1/s1. The smallest absolute Gasteiger partial charge is 0.326 e. The Hall–Kier alpha value is -4.57. The maximum Gasteiger partial charge on any atom is 0.326 e. The molecular weight excluding hydrogens is 588 g/mol. The lowest BCUT2D eigenvalue weighted by Gasteiger charge is -2.24. The second-order valence-corrected chi connectivity index (χ2v) is 10.7. The van der Waals surface area contributed by atoms with Crippen LogP contribution in [0.5, 0.6) is 0 Å². The zero-order valence-corrected chi connectivity index (χ0v) is 25.4. The van der Waals surface area contributed by atoms with Crippen molar-refractivity contribution in [3.8, 4) is 0 Å². The van der Waals surface area contributed by atoms with E-state index in [1.54, 1.807) is 30.3 Å². The minimum atomic E-state index is -1.52. The fourth-order valence-corrected chi connectivity index (χ4v) is 4.28. The van der Waals surface area contributed by atoms with Gasteiger partial charge in [0.1, 0.15) is 12.1 Å². The molecule has 3 amide bonds. The molecule has 0 aliphatic heterocycles. The zero-order chi connectivity index (χ0) is 33.9. The molecule has 0 radical (unpaired) electrons. The average Bonchev–Trinajstić information content (AvgIpc) is 2.97. The van der Waals surface area contributed by atoms with Crippen molar-refractivity contribution in [1.82, 2.24) is 16.0 Å². The summed E-state index contributed by atoms with van der Waals surface area (Å²) in [6, 6.07) is 3.73. The van der Waals surface area contributed by atoms with Gasteiger partial charge in [0.25, 0.3) is 0 Å². The maximum atomic E-state index is 13.2. The second kappa shape index (κ2) is 20.4. The van der Waals surface area contributed by atoms with E-state index in [2.05, 4.69) is 20.9 Å². The zero-order valence-electron chi connectivity index (χ0n) is 25.4. The van der Waals surface area contributed by atoms with Gasteiger partial charge in [-0.1, -0.05) is 37.3 Å². The fourth-order valence-electron chi connectivity index (χ4n) is 4.28. The van der Waals surface area contributed by atoms with Crippen molar-refractivity contribution in [2.45, 2.75) is 82.5 Å². The first-order valence-electron chi connectivity index (χ1n) is 14.7. The van der Waals surface area contributed by atoms with Gasteiger partial charge in [-0.15, -0.1) is 0 Å². The van der Waals surface area contributed by atoms with Gasteiger partial charge in [-0.05, 0) is 44.2 Å². The molecule has 13 N–H and O–H groups in total. The number of rotatable bonds is 22. The van der Waals surface area contributed by atoms with E-state index in [1.807, 2.05) is 0 Å². The lowest BCUT2D eigenvalue weighted by atomic mass is 9.96. The van der Waals surface area contributed by atoms with Gasteiger partial charge in [-0.3, -0.25) is 29.0 Å². The van der Waals surface area contributed by atoms with E-state index in [-0.39, 0.29) is 31.8 Å². The number of guanidine groups is 1. The molecule has 1 aromatic carbocycles. The molecule has 0 spiro atoms. The summed E-state index contributed by atoms with van der Waals surface area (Å²) >= 11 is 0. The van der Waals surface area contributed by atoms with Crippen molar-refractivity contribution >= 4 is 41.4 Å². The number of unbranched alkanes of at least 4 members (excludes halogenated alkanes) is 1. The van der Waals surface area contributed by atoms with E-state index in [1.165, 1.54) is 6.92 Å². The van der Waals surface area contributed by atoms with Crippen LogP contribution in [0.2, 0.25) is 0 Å². The summed E-state index contributed by atoms with van der Waals surface area (Å²) in [5, 5.41) is 26.3. The first-order valence-corrected chi connectivity index (χ1v) is 14.7. The van der Waals surface area contributed by atoms with Gasteiger partial charge in [0.15, 0.2) is 11.7 Å². The van der Waals surface area contributed by atoms with E-state index in [4.69, 9.17) is 22.9 Å². The molecule has 0 saturated heterocycles. The van der Waals surface area contributed by atoms with Crippen LogP contribution in [0.25, 0.3) is 0 Å².